The number of esters is 1. The highest BCUT2D eigenvalue weighted by Crippen LogP contribution is 2.08. The normalized spacial score (nSPS) is 10.8. The molecule has 8 heteroatoms. The van der Waals surface area contributed by atoms with Gasteiger partial charge in [-0.05, 0) is 32.4 Å². The maximum atomic E-state index is 12.2. The number of aryl methyl sites for hydroxylation is 3. The maximum absolute atomic E-state index is 12.2. The zero-order valence-electron chi connectivity index (χ0n) is 15.8. The number of carbonyl (C=O) groups is 2. The standard InChI is InChI=1S/C19H21N5O3/c1-12-5-7-15(8-6-12)10-23(4)16(25)11-27-18(26)17-21-19-20-13(2)9-14(3)24(19)22-17/h5-9H,10-11H2,1-4H3. The molecular formula is C19H21N5O3. The molecular weight excluding hydrogens is 346 g/mol. The van der Waals surface area contributed by atoms with Gasteiger partial charge in [0.05, 0.1) is 0 Å². The summed E-state index contributed by atoms with van der Waals surface area (Å²) in [5.41, 5.74) is 3.74. The fourth-order valence-corrected chi connectivity index (χ4v) is 2.61. The highest BCUT2D eigenvalue weighted by Gasteiger charge is 2.19. The minimum Gasteiger partial charge on any atom is -0.450 e. The first-order valence-corrected chi connectivity index (χ1v) is 8.51. The molecule has 0 radical (unpaired) electrons. The molecule has 0 saturated heterocycles. The number of hydrogen-bond donors (Lipinski definition) is 0. The van der Waals surface area contributed by atoms with E-state index in [4.69, 9.17) is 4.74 Å². The SMILES string of the molecule is Cc1ccc(CN(C)C(=O)COC(=O)c2nc3nc(C)cc(C)n3n2)cc1. The third-order valence-electron chi connectivity index (χ3n) is 4.09. The summed E-state index contributed by atoms with van der Waals surface area (Å²) in [4.78, 5) is 34.2. The molecule has 2 aromatic heterocycles. The number of likely N-dealkylation sites (N-methyl/N-ethyl adjacent to an activating group) is 1. The quantitative estimate of drug-likeness (QED) is 0.640. The molecule has 0 aliphatic carbocycles. The van der Waals surface area contributed by atoms with Crippen molar-refractivity contribution in [1.82, 2.24) is 24.5 Å². The lowest BCUT2D eigenvalue weighted by Crippen LogP contribution is -2.31. The number of rotatable bonds is 5. The predicted molar refractivity (Wildman–Crippen MR) is 98.2 cm³/mol. The summed E-state index contributed by atoms with van der Waals surface area (Å²) >= 11 is 0. The Balaban J connectivity index is 1.60. The fraction of sp³-hybridized carbons (Fsp3) is 0.316. The number of nitrogens with zero attached hydrogens (tertiary/aromatic N) is 5. The number of hydrogen-bond acceptors (Lipinski definition) is 6. The first-order chi connectivity index (χ1) is 12.8. The van der Waals surface area contributed by atoms with Crippen molar-refractivity contribution in [3.63, 3.8) is 0 Å². The van der Waals surface area contributed by atoms with E-state index in [1.807, 2.05) is 51.1 Å². The summed E-state index contributed by atoms with van der Waals surface area (Å²) in [7, 11) is 1.66. The molecule has 3 rings (SSSR count). The molecule has 0 aliphatic heterocycles. The van der Waals surface area contributed by atoms with Crippen LogP contribution in [0.5, 0.6) is 0 Å². The van der Waals surface area contributed by atoms with Gasteiger partial charge in [-0.25, -0.2) is 14.3 Å². The van der Waals surface area contributed by atoms with Crippen LogP contribution < -0.4 is 0 Å². The second kappa shape index (κ2) is 7.53. The lowest BCUT2D eigenvalue weighted by molar-refractivity contribution is -0.133. The minimum absolute atomic E-state index is 0.120. The summed E-state index contributed by atoms with van der Waals surface area (Å²) in [5, 5.41) is 4.10. The summed E-state index contributed by atoms with van der Waals surface area (Å²) in [6.45, 7) is 5.74. The highest BCUT2D eigenvalue weighted by atomic mass is 16.5. The third kappa shape index (κ3) is 4.28. The van der Waals surface area contributed by atoms with Crippen LogP contribution in [0.1, 0.15) is 33.1 Å². The second-order valence-electron chi connectivity index (χ2n) is 6.50. The molecule has 0 saturated carbocycles. The Kier molecular flexibility index (Phi) is 5.16. The number of carbonyl (C=O) groups excluding carboxylic acids is 2. The Labute approximate surface area is 156 Å². The van der Waals surface area contributed by atoms with Crippen molar-refractivity contribution >= 4 is 17.7 Å². The Bertz CT molecular complexity index is 994. The first-order valence-electron chi connectivity index (χ1n) is 8.51. The van der Waals surface area contributed by atoms with Gasteiger partial charge in [0.25, 0.3) is 17.5 Å². The Morgan fingerprint density at radius 1 is 1.11 bits per heavy atom. The van der Waals surface area contributed by atoms with E-state index in [1.54, 1.807) is 7.05 Å². The molecule has 2 heterocycles. The van der Waals surface area contributed by atoms with Gasteiger partial charge in [0.2, 0.25) is 0 Å². The van der Waals surface area contributed by atoms with E-state index < -0.39 is 5.97 Å². The lowest BCUT2D eigenvalue weighted by atomic mass is 10.1. The zero-order valence-corrected chi connectivity index (χ0v) is 15.8. The van der Waals surface area contributed by atoms with Crippen LogP contribution in [0.2, 0.25) is 0 Å². The van der Waals surface area contributed by atoms with Gasteiger partial charge in [-0.1, -0.05) is 29.8 Å². The number of aromatic nitrogens is 4. The molecule has 27 heavy (non-hydrogen) atoms. The van der Waals surface area contributed by atoms with Gasteiger partial charge < -0.3 is 9.64 Å². The number of benzene rings is 1. The van der Waals surface area contributed by atoms with Crippen molar-refractivity contribution in [3.8, 4) is 0 Å². The van der Waals surface area contributed by atoms with E-state index in [0.29, 0.717) is 12.3 Å². The monoisotopic (exact) mass is 367 g/mol. The van der Waals surface area contributed by atoms with E-state index in [-0.39, 0.29) is 18.3 Å². The molecule has 140 valence electrons. The molecule has 0 unspecified atom stereocenters. The lowest BCUT2D eigenvalue weighted by Gasteiger charge is -2.17. The van der Waals surface area contributed by atoms with Crippen LogP contribution in [-0.2, 0) is 16.1 Å². The molecule has 0 atom stereocenters. The number of amides is 1. The largest absolute Gasteiger partial charge is 0.450 e. The van der Waals surface area contributed by atoms with Gasteiger partial charge >= 0.3 is 5.97 Å². The first kappa shape index (κ1) is 18.5. The molecule has 0 bridgehead atoms. The predicted octanol–water partition coefficient (Wildman–Crippen LogP) is 1.86. The maximum Gasteiger partial charge on any atom is 0.378 e. The van der Waals surface area contributed by atoms with Crippen LogP contribution in [-0.4, -0.2) is 50.0 Å². The Morgan fingerprint density at radius 2 is 1.81 bits per heavy atom. The van der Waals surface area contributed by atoms with Crippen molar-refractivity contribution in [3.05, 3.63) is 58.7 Å². The van der Waals surface area contributed by atoms with E-state index in [0.717, 1.165) is 22.5 Å². The van der Waals surface area contributed by atoms with E-state index >= 15 is 0 Å². The van der Waals surface area contributed by atoms with Crippen molar-refractivity contribution in [2.75, 3.05) is 13.7 Å². The molecule has 0 aliphatic rings. The van der Waals surface area contributed by atoms with Gasteiger partial charge in [0, 0.05) is 25.0 Å². The second-order valence-corrected chi connectivity index (χ2v) is 6.50. The van der Waals surface area contributed by atoms with Crippen LogP contribution in [0.4, 0.5) is 0 Å². The third-order valence-corrected chi connectivity index (χ3v) is 4.09. The smallest absolute Gasteiger partial charge is 0.378 e. The molecule has 1 aromatic carbocycles. The van der Waals surface area contributed by atoms with Crippen molar-refractivity contribution in [2.24, 2.45) is 0 Å². The van der Waals surface area contributed by atoms with Crippen LogP contribution in [0.3, 0.4) is 0 Å². The summed E-state index contributed by atoms with van der Waals surface area (Å²) in [5.74, 6) is -0.861. The number of ether oxygens (including phenoxy) is 1. The topological polar surface area (TPSA) is 89.7 Å². The van der Waals surface area contributed by atoms with Crippen molar-refractivity contribution in [1.29, 1.82) is 0 Å². The molecule has 0 N–H and O–H groups in total. The van der Waals surface area contributed by atoms with Gasteiger partial charge in [-0.2, -0.15) is 4.98 Å². The van der Waals surface area contributed by atoms with Crippen molar-refractivity contribution in [2.45, 2.75) is 27.3 Å². The zero-order chi connectivity index (χ0) is 19.6. The minimum atomic E-state index is -0.755. The van der Waals surface area contributed by atoms with Crippen LogP contribution in [0.15, 0.2) is 30.3 Å². The van der Waals surface area contributed by atoms with E-state index in [9.17, 15) is 9.59 Å². The Morgan fingerprint density at radius 3 is 2.52 bits per heavy atom. The van der Waals surface area contributed by atoms with Gasteiger partial charge in [-0.3, -0.25) is 4.79 Å². The van der Waals surface area contributed by atoms with E-state index in [2.05, 4.69) is 15.1 Å². The van der Waals surface area contributed by atoms with Crippen LogP contribution >= 0.6 is 0 Å². The summed E-state index contributed by atoms with van der Waals surface area (Å²) in [6, 6.07) is 9.73. The van der Waals surface area contributed by atoms with Gasteiger partial charge in [0.15, 0.2) is 6.61 Å². The van der Waals surface area contributed by atoms with Gasteiger partial charge in [-0.15, -0.1) is 5.10 Å². The fourth-order valence-electron chi connectivity index (χ4n) is 2.61. The van der Waals surface area contributed by atoms with Gasteiger partial charge in [0.1, 0.15) is 0 Å². The molecule has 0 fully saturated rings. The molecule has 0 spiro atoms. The Hall–Kier alpha value is -3.29. The number of fused-ring (bicyclic) bond motifs is 1. The average molecular weight is 367 g/mol. The molecule has 3 aromatic rings. The average Bonchev–Trinajstić information content (AvgIpc) is 3.05. The van der Waals surface area contributed by atoms with Crippen LogP contribution in [0.25, 0.3) is 5.78 Å². The summed E-state index contributed by atoms with van der Waals surface area (Å²) in [6.07, 6.45) is 0. The molecule has 1 amide bonds. The van der Waals surface area contributed by atoms with E-state index in [1.165, 1.54) is 9.42 Å². The van der Waals surface area contributed by atoms with Crippen molar-refractivity contribution < 1.29 is 14.3 Å². The molecule has 8 nitrogen and oxygen atoms in total. The highest BCUT2D eigenvalue weighted by molar-refractivity contribution is 5.88. The van der Waals surface area contributed by atoms with Crippen LogP contribution in [0, 0.1) is 20.8 Å². The summed E-state index contributed by atoms with van der Waals surface area (Å²) < 4.78 is 6.54.